The summed E-state index contributed by atoms with van der Waals surface area (Å²) in [6.07, 6.45) is -1.44. The highest BCUT2D eigenvalue weighted by atomic mass is 32.2. The molecule has 0 radical (unpaired) electrons. The van der Waals surface area contributed by atoms with Gasteiger partial charge in [0, 0.05) is 19.0 Å². The van der Waals surface area contributed by atoms with Gasteiger partial charge in [-0.3, -0.25) is 9.80 Å². The van der Waals surface area contributed by atoms with Crippen LogP contribution in [0.1, 0.15) is 16.7 Å². The molecule has 12 heteroatoms. The van der Waals surface area contributed by atoms with Crippen LogP contribution in [0.25, 0.3) is 5.82 Å². The lowest BCUT2D eigenvalue weighted by Gasteiger charge is -2.23. The molecule has 0 fully saturated rings. The third-order valence-electron chi connectivity index (χ3n) is 4.46. The number of fused-ring (bicyclic) bond motifs is 1. The number of aromatic nitrogens is 3. The number of rotatable bonds is 3. The van der Waals surface area contributed by atoms with Gasteiger partial charge in [-0.15, -0.1) is 0 Å². The highest BCUT2D eigenvalue weighted by Gasteiger charge is 2.31. The summed E-state index contributed by atoms with van der Waals surface area (Å²) in [5.41, 5.74) is -0.308. The molecule has 32 heavy (non-hydrogen) atoms. The first-order chi connectivity index (χ1) is 15.3. The van der Waals surface area contributed by atoms with Crippen molar-refractivity contribution < 1.29 is 13.2 Å². The standard InChI is InChI=1S/C20H13F3N6OS2/c1-28-15-10-26-29(16-4-2-3-7-25-16)18(30)17(15)32-19(27-28)31-11-12-5-6-14(20(21,22)23)8-13(12)9-24/h2-8,10H,11H2,1H3. The van der Waals surface area contributed by atoms with Gasteiger partial charge in [-0.2, -0.15) is 33.3 Å². The summed E-state index contributed by atoms with van der Waals surface area (Å²) in [5.74, 6) is 0.596. The van der Waals surface area contributed by atoms with Gasteiger partial charge in [0.2, 0.25) is 0 Å². The molecule has 0 saturated carbocycles. The van der Waals surface area contributed by atoms with Gasteiger partial charge in [-0.25, -0.2) is 4.98 Å². The molecule has 1 aromatic carbocycles. The van der Waals surface area contributed by atoms with Gasteiger partial charge < -0.3 is 0 Å². The van der Waals surface area contributed by atoms with E-state index in [-0.39, 0.29) is 16.9 Å². The van der Waals surface area contributed by atoms with Crippen LogP contribution in [0.5, 0.6) is 0 Å². The molecule has 0 spiro atoms. The SMILES string of the molecule is CN1N=C(SCc2ccc(C(F)(F)F)cc2C#N)Sc2c1cnn(-c1ccccn1)c2=O. The molecule has 7 nitrogen and oxygen atoms in total. The zero-order chi connectivity index (χ0) is 22.9. The first-order valence-electron chi connectivity index (χ1n) is 9.05. The van der Waals surface area contributed by atoms with Gasteiger partial charge in [-0.1, -0.05) is 35.7 Å². The van der Waals surface area contributed by atoms with Crippen molar-refractivity contribution >= 4 is 33.6 Å². The van der Waals surface area contributed by atoms with Crippen molar-refractivity contribution in [2.45, 2.75) is 16.8 Å². The van der Waals surface area contributed by atoms with Crippen LogP contribution < -0.4 is 10.6 Å². The second kappa shape index (κ2) is 8.68. The molecule has 0 amide bonds. The summed E-state index contributed by atoms with van der Waals surface area (Å²) in [6, 6.07) is 10.0. The summed E-state index contributed by atoms with van der Waals surface area (Å²) in [7, 11) is 1.67. The van der Waals surface area contributed by atoms with Gasteiger partial charge >= 0.3 is 6.18 Å². The van der Waals surface area contributed by atoms with E-state index >= 15 is 0 Å². The largest absolute Gasteiger partial charge is 0.416 e. The molecular weight excluding hydrogens is 461 g/mol. The molecule has 0 atom stereocenters. The maximum atomic E-state index is 13.0. The minimum absolute atomic E-state index is 0.0517. The monoisotopic (exact) mass is 474 g/mol. The molecule has 2 aromatic heterocycles. The van der Waals surface area contributed by atoms with Crippen LogP contribution in [-0.4, -0.2) is 26.2 Å². The Hall–Kier alpha value is -3.30. The molecule has 0 bridgehead atoms. The number of pyridine rings is 1. The number of benzene rings is 1. The number of alkyl halides is 3. The third-order valence-corrected chi connectivity index (χ3v) is 6.69. The summed E-state index contributed by atoms with van der Waals surface area (Å²) in [5, 5.41) is 19.4. The van der Waals surface area contributed by atoms with Crippen LogP contribution in [-0.2, 0) is 11.9 Å². The summed E-state index contributed by atoms with van der Waals surface area (Å²) >= 11 is 2.37. The molecule has 0 saturated heterocycles. The van der Waals surface area contributed by atoms with Crippen molar-refractivity contribution in [2.75, 3.05) is 12.1 Å². The molecule has 3 heterocycles. The van der Waals surface area contributed by atoms with E-state index in [2.05, 4.69) is 15.2 Å². The number of hydrazone groups is 1. The average molecular weight is 474 g/mol. The zero-order valence-electron chi connectivity index (χ0n) is 16.4. The lowest BCUT2D eigenvalue weighted by Crippen LogP contribution is -2.28. The van der Waals surface area contributed by atoms with Crippen molar-refractivity contribution in [1.82, 2.24) is 14.8 Å². The minimum atomic E-state index is -4.52. The number of hydrogen-bond acceptors (Lipinski definition) is 8. The van der Waals surface area contributed by atoms with Crippen molar-refractivity contribution in [3.05, 3.63) is 75.8 Å². The Labute approximate surface area is 188 Å². The van der Waals surface area contributed by atoms with E-state index < -0.39 is 11.7 Å². The van der Waals surface area contributed by atoms with Gasteiger partial charge in [-0.05, 0) is 29.8 Å². The summed E-state index contributed by atoms with van der Waals surface area (Å²) in [6.45, 7) is 0. The first kappa shape index (κ1) is 21.9. The quantitative estimate of drug-likeness (QED) is 0.560. The average Bonchev–Trinajstić information content (AvgIpc) is 2.78. The van der Waals surface area contributed by atoms with Gasteiger partial charge in [0.05, 0.1) is 29.1 Å². The minimum Gasteiger partial charge on any atom is -0.266 e. The van der Waals surface area contributed by atoms with E-state index in [1.807, 2.05) is 6.07 Å². The Morgan fingerprint density at radius 1 is 1.25 bits per heavy atom. The third kappa shape index (κ3) is 4.35. The molecule has 1 aliphatic heterocycles. The van der Waals surface area contributed by atoms with Crippen LogP contribution in [0.4, 0.5) is 18.9 Å². The van der Waals surface area contributed by atoms with Crippen molar-refractivity contribution in [3.8, 4) is 11.9 Å². The molecule has 0 unspecified atom stereocenters. The van der Waals surface area contributed by atoms with E-state index in [9.17, 15) is 23.2 Å². The Morgan fingerprint density at radius 2 is 2.06 bits per heavy atom. The number of nitriles is 1. The maximum absolute atomic E-state index is 13.0. The lowest BCUT2D eigenvalue weighted by atomic mass is 10.1. The van der Waals surface area contributed by atoms with Crippen molar-refractivity contribution in [1.29, 1.82) is 5.26 Å². The second-order valence-electron chi connectivity index (χ2n) is 6.53. The molecule has 4 rings (SSSR count). The fourth-order valence-corrected chi connectivity index (χ4v) is 5.04. The Morgan fingerprint density at radius 3 is 2.75 bits per heavy atom. The van der Waals surface area contributed by atoms with E-state index in [4.69, 9.17) is 0 Å². The molecule has 3 aromatic rings. The fraction of sp³-hybridized carbons (Fsp3) is 0.150. The van der Waals surface area contributed by atoms with Crippen LogP contribution in [0.2, 0.25) is 0 Å². The first-order valence-corrected chi connectivity index (χ1v) is 10.8. The van der Waals surface area contributed by atoms with Crippen LogP contribution in [0, 0.1) is 11.3 Å². The summed E-state index contributed by atoms with van der Waals surface area (Å²) in [4.78, 5) is 17.6. The highest BCUT2D eigenvalue weighted by molar-refractivity contribution is 8.38. The lowest BCUT2D eigenvalue weighted by molar-refractivity contribution is -0.137. The number of thioether (sulfide) groups is 2. The highest BCUT2D eigenvalue weighted by Crippen LogP contribution is 2.37. The van der Waals surface area contributed by atoms with Gasteiger partial charge in [0.15, 0.2) is 10.2 Å². The zero-order valence-corrected chi connectivity index (χ0v) is 18.0. The fourth-order valence-electron chi connectivity index (χ4n) is 2.86. The van der Waals surface area contributed by atoms with Crippen LogP contribution >= 0.6 is 23.5 Å². The van der Waals surface area contributed by atoms with Gasteiger partial charge in [0.25, 0.3) is 5.56 Å². The molecule has 0 N–H and O–H groups in total. The number of halogens is 3. The Kier molecular flexibility index (Phi) is 5.94. The molecule has 1 aliphatic rings. The maximum Gasteiger partial charge on any atom is 0.416 e. The predicted octanol–water partition coefficient (Wildman–Crippen LogP) is 4.26. The van der Waals surface area contributed by atoms with Crippen molar-refractivity contribution in [2.24, 2.45) is 5.10 Å². The smallest absolute Gasteiger partial charge is 0.266 e. The second-order valence-corrected chi connectivity index (χ2v) is 8.75. The molecular formula is C20H13F3N6OS2. The normalized spacial score (nSPS) is 13.3. The predicted molar refractivity (Wildman–Crippen MR) is 117 cm³/mol. The number of hydrogen-bond donors (Lipinski definition) is 0. The topological polar surface area (TPSA) is 87.2 Å². The Bertz CT molecular complexity index is 1300. The number of anilines is 1. The molecule has 0 aliphatic carbocycles. The Balaban J connectivity index is 1.58. The summed E-state index contributed by atoms with van der Waals surface area (Å²) < 4.78 is 40.4. The van der Waals surface area contributed by atoms with E-state index in [1.165, 1.54) is 33.7 Å². The molecule has 162 valence electrons. The van der Waals surface area contributed by atoms with Crippen LogP contribution in [0.15, 0.2) is 63.6 Å². The number of nitrogens with zero attached hydrogens (tertiary/aromatic N) is 6. The van der Waals surface area contributed by atoms with Crippen LogP contribution in [0.3, 0.4) is 0 Å². The van der Waals surface area contributed by atoms with E-state index in [1.54, 1.807) is 31.4 Å². The van der Waals surface area contributed by atoms with E-state index in [0.717, 1.165) is 23.9 Å². The van der Waals surface area contributed by atoms with Gasteiger partial charge in [0.1, 0.15) is 4.90 Å². The van der Waals surface area contributed by atoms with E-state index in [0.29, 0.717) is 26.3 Å². The van der Waals surface area contributed by atoms with Crippen molar-refractivity contribution in [3.63, 3.8) is 0 Å².